The second kappa shape index (κ2) is 7.11. The summed E-state index contributed by atoms with van der Waals surface area (Å²) in [6, 6.07) is 7.85. The quantitative estimate of drug-likeness (QED) is 0.839. The summed E-state index contributed by atoms with van der Waals surface area (Å²) in [6.07, 6.45) is 1.74. The number of carbonyl (C=O) groups is 1. The number of nitrogens with one attached hydrogen (secondary N) is 1. The normalized spacial score (nSPS) is 13.5. The molecule has 8 nitrogen and oxygen atoms in total. The van der Waals surface area contributed by atoms with Crippen LogP contribution in [-0.2, 0) is 17.7 Å². The van der Waals surface area contributed by atoms with Crippen LogP contribution in [0.1, 0.15) is 37.5 Å². The summed E-state index contributed by atoms with van der Waals surface area (Å²) in [4.78, 5) is 22.0. The Morgan fingerprint density at radius 2 is 2.19 bits per heavy atom. The van der Waals surface area contributed by atoms with Gasteiger partial charge in [-0.1, -0.05) is 12.1 Å². The first-order valence-corrected chi connectivity index (χ1v) is 8.65. The number of aromatic nitrogens is 2. The number of hydrogen-bond acceptors (Lipinski definition) is 7. The standard InChI is InChI=1S/C19H22N6O2/c1-19(2,3)27-18(26)25-8-7-14-12(11-25)5-4-6-15(14)23-16-13(9-20)10-22-17(21)24-16/h4-6,10H,7-8,11H2,1-3H3,(H3,21,22,23,24). The summed E-state index contributed by atoms with van der Waals surface area (Å²) in [5, 5.41) is 12.4. The van der Waals surface area contributed by atoms with Crippen LogP contribution in [0.15, 0.2) is 24.4 Å². The van der Waals surface area contributed by atoms with Crippen molar-refractivity contribution >= 4 is 23.5 Å². The molecule has 2 heterocycles. The Hall–Kier alpha value is -3.34. The minimum Gasteiger partial charge on any atom is -0.444 e. The van der Waals surface area contributed by atoms with Crippen molar-refractivity contribution in [3.05, 3.63) is 41.1 Å². The third-order valence-corrected chi connectivity index (χ3v) is 4.10. The highest BCUT2D eigenvalue weighted by atomic mass is 16.6. The highest BCUT2D eigenvalue weighted by molar-refractivity contribution is 5.71. The number of anilines is 3. The monoisotopic (exact) mass is 366 g/mol. The Kier molecular flexibility index (Phi) is 4.86. The average molecular weight is 366 g/mol. The van der Waals surface area contributed by atoms with Crippen molar-refractivity contribution < 1.29 is 9.53 Å². The lowest BCUT2D eigenvalue weighted by Gasteiger charge is -2.32. The first-order valence-electron chi connectivity index (χ1n) is 8.65. The van der Waals surface area contributed by atoms with Crippen molar-refractivity contribution in [2.45, 2.75) is 39.3 Å². The van der Waals surface area contributed by atoms with Crippen molar-refractivity contribution in [1.29, 1.82) is 5.26 Å². The molecule has 2 aromatic rings. The molecule has 0 spiro atoms. The highest BCUT2D eigenvalue weighted by Gasteiger charge is 2.26. The van der Waals surface area contributed by atoms with Gasteiger partial charge >= 0.3 is 6.09 Å². The van der Waals surface area contributed by atoms with Crippen LogP contribution < -0.4 is 11.1 Å². The Labute approximate surface area is 158 Å². The fraction of sp³-hybridized carbons (Fsp3) is 0.368. The van der Waals surface area contributed by atoms with E-state index in [1.165, 1.54) is 6.20 Å². The van der Waals surface area contributed by atoms with E-state index in [9.17, 15) is 10.1 Å². The minimum atomic E-state index is -0.526. The van der Waals surface area contributed by atoms with Crippen molar-refractivity contribution in [3.8, 4) is 6.07 Å². The van der Waals surface area contributed by atoms with E-state index in [4.69, 9.17) is 10.5 Å². The fourth-order valence-electron chi connectivity index (χ4n) is 2.91. The van der Waals surface area contributed by atoms with Crippen molar-refractivity contribution in [2.24, 2.45) is 0 Å². The number of benzene rings is 1. The smallest absolute Gasteiger partial charge is 0.410 e. The lowest BCUT2D eigenvalue weighted by atomic mass is 9.98. The lowest BCUT2D eigenvalue weighted by Crippen LogP contribution is -2.40. The Bertz CT molecular complexity index is 913. The second-order valence-corrected chi connectivity index (χ2v) is 7.32. The zero-order valence-corrected chi connectivity index (χ0v) is 15.6. The van der Waals surface area contributed by atoms with Crippen LogP contribution in [-0.4, -0.2) is 33.1 Å². The molecule has 1 aliphatic heterocycles. The molecule has 1 aliphatic rings. The molecular formula is C19H22N6O2. The Morgan fingerprint density at radius 3 is 2.89 bits per heavy atom. The maximum Gasteiger partial charge on any atom is 0.410 e. The molecule has 140 valence electrons. The molecule has 1 aromatic heterocycles. The van der Waals surface area contributed by atoms with Crippen molar-refractivity contribution in [3.63, 3.8) is 0 Å². The van der Waals surface area contributed by atoms with Crippen LogP contribution in [0.4, 0.5) is 22.2 Å². The van der Waals surface area contributed by atoms with E-state index in [1.807, 2.05) is 39.0 Å². The molecule has 1 amide bonds. The molecule has 27 heavy (non-hydrogen) atoms. The van der Waals surface area contributed by atoms with Crippen LogP contribution >= 0.6 is 0 Å². The Balaban J connectivity index is 1.83. The van der Waals surface area contributed by atoms with Gasteiger partial charge in [-0.15, -0.1) is 0 Å². The topological polar surface area (TPSA) is 117 Å². The average Bonchev–Trinajstić information content (AvgIpc) is 2.60. The van der Waals surface area contributed by atoms with Gasteiger partial charge < -0.3 is 20.7 Å². The third kappa shape index (κ3) is 4.26. The van der Waals surface area contributed by atoms with E-state index in [2.05, 4.69) is 21.4 Å². The van der Waals surface area contributed by atoms with Gasteiger partial charge in [0.25, 0.3) is 0 Å². The van der Waals surface area contributed by atoms with Crippen LogP contribution in [0.3, 0.4) is 0 Å². The summed E-state index contributed by atoms with van der Waals surface area (Å²) >= 11 is 0. The molecule has 0 aliphatic carbocycles. The van der Waals surface area contributed by atoms with E-state index in [1.54, 1.807) is 4.90 Å². The number of nitriles is 1. The van der Waals surface area contributed by atoms with Crippen LogP contribution in [0.25, 0.3) is 0 Å². The molecule has 0 radical (unpaired) electrons. The zero-order valence-electron chi connectivity index (χ0n) is 15.6. The molecule has 0 saturated heterocycles. The first kappa shape index (κ1) is 18.5. The predicted molar refractivity (Wildman–Crippen MR) is 101 cm³/mol. The number of rotatable bonds is 2. The van der Waals surface area contributed by atoms with Crippen LogP contribution in [0.2, 0.25) is 0 Å². The molecule has 0 bridgehead atoms. The maximum atomic E-state index is 12.3. The largest absolute Gasteiger partial charge is 0.444 e. The number of ether oxygens (including phenoxy) is 1. The maximum absolute atomic E-state index is 12.3. The van der Waals surface area contributed by atoms with Crippen LogP contribution in [0, 0.1) is 11.3 Å². The summed E-state index contributed by atoms with van der Waals surface area (Å²) < 4.78 is 5.47. The minimum absolute atomic E-state index is 0.0948. The van der Waals surface area contributed by atoms with Gasteiger partial charge in [-0.25, -0.2) is 9.78 Å². The van der Waals surface area contributed by atoms with Crippen molar-refractivity contribution in [1.82, 2.24) is 14.9 Å². The Morgan fingerprint density at radius 1 is 1.41 bits per heavy atom. The van der Waals surface area contributed by atoms with E-state index in [0.29, 0.717) is 30.9 Å². The number of carbonyl (C=O) groups excluding carboxylic acids is 1. The number of nitrogen functional groups attached to an aromatic ring is 1. The van der Waals surface area contributed by atoms with E-state index < -0.39 is 5.60 Å². The summed E-state index contributed by atoms with van der Waals surface area (Å²) in [5.41, 5.74) is 8.38. The number of nitrogens with zero attached hydrogens (tertiary/aromatic N) is 4. The SMILES string of the molecule is CC(C)(C)OC(=O)N1CCc2c(cccc2Nc2nc(N)ncc2C#N)C1. The molecule has 1 aromatic carbocycles. The summed E-state index contributed by atoms with van der Waals surface area (Å²) in [5.74, 6) is 0.463. The number of fused-ring (bicyclic) bond motifs is 1. The number of hydrogen-bond donors (Lipinski definition) is 2. The van der Waals surface area contributed by atoms with E-state index >= 15 is 0 Å². The van der Waals surface area contributed by atoms with Gasteiger partial charge in [0.2, 0.25) is 5.95 Å². The van der Waals surface area contributed by atoms with Gasteiger partial charge in [0.15, 0.2) is 5.82 Å². The highest BCUT2D eigenvalue weighted by Crippen LogP contribution is 2.29. The third-order valence-electron chi connectivity index (χ3n) is 4.10. The van der Waals surface area contributed by atoms with Gasteiger partial charge in [-0.2, -0.15) is 10.2 Å². The van der Waals surface area contributed by atoms with Gasteiger partial charge in [0.1, 0.15) is 17.2 Å². The number of nitrogens with two attached hydrogens (primary N) is 1. The molecule has 0 fully saturated rings. The first-order chi connectivity index (χ1) is 12.8. The molecular weight excluding hydrogens is 344 g/mol. The fourth-order valence-corrected chi connectivity index (χ4v) is 2.91. The summed E-state index contributed by atoms with van der Waals surface area (Å²) in [6.45, 7) is 6.58. The zero-order chi connectivity index (χ0) is 19.6. The molecule has 8 heteroatoms. The van der Waals surface area contributed by atoms with Crippen LogP contribution in [0.5, 0.6) is 0 Å². The number of amides is 1. The molecule has 3 N–H and O–H groups in total. The van der Waals surface area contributed by atoms with Gasteiger partial charge in [-0.3, -0.25) is 0 Å². The van der Waals surface area contributed by atoms with Gasteiger partial charge in [-0.05, 0) is 44.4 Å². The van der Waals surface area contributed by atoms with E-state index in [0.717, 1.165) is 16.8 Å². The molecule has 0 atom stereocenters. The lowest BCUT2D eigenvalue weighted by molar-refractivity contribution is 0.0224. The predicted octanol–water partition coefficient (Wildman–Crippen LogP) is 2.97. The molecule has 0 saturated carbocycles. The van der Waals surface area contributed by atoms with E-state index in [-0.39, 0.29) is 12.0 Å². The molecule has 3 rings (SSSR count). The summed E-state index contributed by atoms with van der Waals surface area (Å²) in [7, 11) is 0. The molecule has 0 unspecified atom stereocenters. The van der Waals surface area contributed by atoms with Gasteiger partial charge in [0.05, 0.1) is 6.20 Å². The van der Waals surface area contributed by atoms with Gasteiger partial charge in [0, 0.05) is 18.8 Å². The second-order valence-electron chi connectivity index (χ2n) is 7.32. The van der Waals surface area contributed by atoms with Crippen molar-refractivity contribution in [2.75, 3.05) is 17.6 Å².